The lowest BCUT2D eigenvalue weighted by atomic mass is 9.90. The lowest BCUT2D eigenvalue weighted by molar-refractivity contribution is 0.304. The molecule has 0 radical (unpaired) electrons. The van der Waals surface area contributed by atoms with Crippen molar-refractivity contribution in [2.45, 2.75) is 79.1 Å². The van der Waals surface area contributed by atoms with Gasteiger partial charge in [-0.05, 0) is 74.2 Å². The van der Waals surface area contributed by atoms with Gasteiger partial charge in [0.2, 0.25) is 0 Å². The van der Waals surface area contributed by atoms with E-state index in [1.54, 1.807) is 0 Å². The highest BCUT2D eigenvalue weighted by Crippen LogP contribution is 2.43. The Morgan fingerprint density at radius 1 is 0.344 bits per heavy atom. The molecule has 0 aliphatic heterocycles. The Kier molecular flexibility index (Phi) is 23.6. The van der Waals surface area contributed by atoms with Crippen LogP contribution in [-0.4, -0.2) is 50.3 Å². The summed E-state index contributed by atoms with van der Waals surface area (Å²) < 4.78 is 26.6. The van der Waals surface area contributed by atoms with Gasteiger partial charge in [0.15, 0.2) is 23.8 Å². The molecule has 5 rings (SSSR count). The fraction of sp³-hybridized carbons (Fsp3) is 0.364. The van der Waals surface area contributed by atoms with Crippen LogP contribution in [-0.2, 0) is 25.7 Å². The van der Waals surface area contributed by atoms with E-state index in [0.717, 1.165) is 70.2 Å². The zero-order valence-corrected chi connectivity index (χ0v) is 40.0. The number of ether oxygens (including phenoxy) is 4. The van der Waals surface area contributed by atoms with E-state index >= 15 is 0 Å². The largest absolute Gasteiger partial charge is 0.493 e. The minimum absolute atomic E-state index is 0. The summed E-state index contributed by atoms with van der Waals surface area (Å²) in [6.45, 7) is 10.0. The molecule has 0 saturated carbocycles. The molecule has 0 unspecified atom stereocenters. The predicted octanol–water partition coefficient (Wildman–Crippen LogP) is 6.83. The Morgan fingerprint density at radius 2 is 0.500 bits per heavy atom. The van der Waals surface area contributed by atoms with Gasteiger partial charge < -0.3 is 64.8 Å². The fourth-order valence-electron chi connectivity index (χ4n) is 7.23. The second kappa shape index (κ2) is 26.8. The van der Waals surface area contributed by atoms with Crippen LogP contribution >= 0.6 is 49.6 Å². The Hall–Kier alpha value is -5.68. The van der Waals surface area contributed by atoms with Gasteiger partial charge in [-0.3, -0.25) is 0 Å². The molecule has 0 aromatic heterocycles. The number of hydrogen-bond acceptors (Lipinski definition) is 8. The topological polar surface area (TPSA) is 295 Å². The predicted molar refractivity (Wildman–Crippen MR) is 271 cm³/mol. The number of nitrogens with zero attached hydrogens (tertiary/aromatic N) is 4. The molecule has 1 aliphatic rings. The summed E-state index contributed by atoms with van der Waals surface area (Å²) >= 11 is 0. The summed E-state index contributed by atoms with van der Waals surface area (Å²) in [5.74, 6) is 2.33. The van der Waals surface area contributed by atoms with Crippen LogP contribution in [0, 0.1) is 0 Å². The molecule has 4 aromatic carbocycles. The second-order valence-electron chi connectivity index (χ2n) is 14.6. The van der Waals surface area contributed by atoms with Crippen LogP contribution in [0.2, 0.25) is 0 Å². The van der Waals surface area contributed by atoms with Crippen LogP contribution in [0.25, 0.3) is 0 Å². The van der Waals surface area contributed by atoms with E-state index in [0.29, 0.717) is 97.9 Å². The number of fused-ring (bicyclic) bond motifs is 8. The van der Waals surface area contributed by atoms with Crippen LogP contribution in [0.4, 0.5) is 22.7 Å². The third-order valence-electron chi connectivity index (χ3n) is 9.27. The maximum Gasteiger partial charge on any atom is 0.191 e. The molecule has 4 aromatic rings. The van der Waals surface area contributed by atoms with Gasteiger partial charge in [-0.1, -0.05) is 27.7 Å². The molecule has 0 saturated heterocycles. The van der Waals surface area contributed by atoms with Crippen molar-refractivity contribution in [1.82, 2.24) is 0 Å². The van der Waals surface area contributed by atoms with Crippen molar-refractivity contribution >= 4 is 96.2 Å². The average molecular weight is 967 g/mol. The number of aliphatic imine (C=N–C) groups is 4. The Balaban J connectivity index is 0.00000512. The first kappa shape index (κ1) is 56.3. The quantitative estimate of drug-likeness (QED) is 0.0373. The summed E-state index contributed by atoms with van der Waals surface area (Å²) in [5.41, 5.74) is 56.6. The van der Waals surface area contributed by atoms with E-state index in [1.165, 1.54) is 0 Å². The van der Waals surface area contributed by atoms with Gasteiger partial charge in [0.05, 0.1) is 49.2 Å². The van der Waals surface area contributed by atoms with Gasteiger partial charge in [0.1, 0.15) is 23.0 Å². The summed E-state index contributed by atoms with van der Waals surface area (Å²) in [5, 5.41) is 0. The van der Waals surface area contributed by atoms with Crippen LogP contribution in [0.15, 0.2) is 68.5 Å². The number of nitrogens with two attached hydrogens (primary N) is 8. The van der Waals surface area contributed by atoms with E-state index in [-0.39, 0.29) is 73.5 Å². The van der Waals surface area contributed by atoms with Crippen LogP contribution in [0.1, 0.15) is 97.9 Å². The van der Waals surface area contributed by atoms with Crippen molar-refractivity contribution in [2.24, 2.45) is 65.8 Å². The van der Waals surface area contributed by atoms with Crippen molar-refractivity contribution < 1.29 is 18.9 Å². The van der Waals surface area contributed by atoms with Crippen LogP contribution in [0.5, 0.6) is 23.0 Å². The Labute approximate surface area is 400 Å². The highest BCUT2D eigenvalue weighted by atomic mass is 35.5. The standard InChI is InChI=1S/C44H60N12O4.4ClH/c1-5-9-57-37-25-13-27-19-34(54-42(47)48)21-29(38(27)58-10-6-2)15-31-23-36(56-44(51)52)24-32(40(31)60-12-8-4)16-30-22-35(55-43(49)50)20-28(39(30)59-11-7-3)14-26(37)18-33(17-25)53-41(45)46;;;;/h17-24H,5-16H2,1-4H3,(H4,45,46,53)(H4,47,48,54)(H4,49,50,55)(H4,51,52,56);4*1H. The monoisotopic (exact) mass is 964 g/mol. The highest BCUT2D eigenvalue weighted by molar-refractivity contribution is 5.86. The van der Waals surface area contributed by atoms with Gasteiger partial charge in [0, 0.05) is 70.2 Å². The van der Waals surface area contributed by atoms with Crippen molar-refractivity contribution in [2.75, 3.05) is 26.4 Å². The lowest BCUT2D eigenvalue weighted by Gasteiger charge is -2.24. The smallest absolute Gasteiger partial charge is 0.191 e. The average Bonchev–Trinajstić information content (AvgIpc) is 3.15. The maximum atomic E-state index is 6.65. The number of guanidine groups is 4. The van der Waals surface area contributed by atoms with Crippen LogP contribution < -0.4 is 64.8 Å². The first-order chi connectivity index (χ1) is 28.8. The minimum Gasteiger partial charge on any atom is -0.493 e. The molecule has 20 heteroatoms. The first-order valence-electron chi connectivity index (χ1n) is 20.3. The molecule has 0 spiro atoms. The van der Waals surface area contributed by atoms with Gasteiger partial charge in [-0.15, -0.1) is 49.6 Å². The molecule has 0 amide bonds. The third kappa shape index (κ3) is 15.2. The van der Waals surface area contributed by atoms with Gasteiger partial charge in [-0.2, -0.15) is 0 Å². The van der Waals surface area contributed by atoms with Crippen LogP contribution in [0.3, 0.4) is 0 Å². The van der Waals surface area contributed by atoms with E-state index in [2.05, 4.69) is 47.7 Å². The van der Waals surface area contributed by atoms with E-state index in [4.69, 9.17) is 64.8 Å². The van der Waals surface area contributed by atoms with Gasteiger partial charge in [0.25, 0.3) is 0 Å². The molecule has 0 atom stereocenters. The van der Waals surface area contributed by atoms with E-state index in [1.807, 2.05) is 48.5 Å². The second-order valence-corrected chi connectivity index (χ2v) is 14.6. The fourth-order valence-corrected chi connectivity index (χ4v) is 7.23. The van der Waals surface area contributed by atoms with E-state index < -0.39 is 0 Å². The van der Waals surface area contributed by atoms with Crippen molar-refractivity contribution in [3.05, 3.63) is 93.0 Å². The molecule has 16 nitrogen and oxygen atoms in total. The molecule has 64 heavy (non-hydrogen) atoms. The summed E-state index contributed by atoms with van der Waals surface area (Å²) in [7, 11) is 0. The molecule has 0 fully saturated rings. The number of benzene rings is 4. The van der Waals surface area contributed by atoms with Crippen molar-refractivity contribution in [1.29, 1.82) is 0 Å². The minimum atomic E-state index is -0.0911. The molecule has 16 N–H and O–H groups in total. The lowest BCUT2D eigenvalue weighted by Crippen LogP contribution is -2.22. The molecular weight excluding hydrogens is 902 g/mol. The Morgan fingerprint density at radius 3 is 0.625 bits per heavy atom. The number of hydrogen-bond donors (Lipinski definition) is 8. The molecule has 8 bridgehead atoms. The number of rotatable bonds is 16. The molecule has 352 valence electrons. The normalized spacial score (nSPS) is 11.1. The molecular formula is C44H64Cl4N12O4. The number of halogens is 4. The van der Waals surface area contributed by atoms with Crippen molar-refractivity contribution in [3.63, 3.8) is 0 Å². The highest BCUT2D eigenvalue weighted by Gasteiger charge is 2.25. The maximum absolute atomic E-state index is 6.65. The van der Waals surface area contributed by atoms with Crippen molar-refractivity contribution in [3.8, 4) is 23.0 Å². The van der Waals surface area contributed by atoms with E-state index in [9.17, 15) is 0 Å². The summed E-state index contributed by atoms with van der Waals surface area (Å²) in [6.07, 6.45) is 4.38. The third-order valence-corrected chi connectivity index (χ3v) is 9.27. The SMILES string of the molecule is CCCOc1c2cc(N=C(N)N)cc1Cc1cc(N=C(N)N)cc(c1OCCC)Cc1cc(N=C(N)N)cc(c1OCCC)Cc1cc(N=C(N)N)cc(c1OCCC)C2.Cl.Cl.Cl.Cl. The summed E-state index contributed by atoms with van der Waals surface area (Å²) in [6, 6.07) is 15.4. The molecule has 1 aliphatic carbocycles. The summed E-state index contributed by atoms with van der Waals surface area (Å²) in [4.78, 5) is 18.1. The zero-order chi connectivity index (χ0) is 43.3. The first-order valence-corrected chi connectivity index (χ1v) is 20.3. The van der Waals surface area contributed by atoms with Gasteiger partial charge >= 0.3 is 0 Å². The molecule has 0 heterocycles. The van der Waals surface area contributed by atoms with Gasteiger partial charge in [-0.25, -0.2) is 20.0 Å². The Bertz CT molecular complexity index is 1880. The zero-order valence-electron chi connectivity index (χ0n) is 36.8.